The molecule has 0 aliphatic rings. The number of rotatable bonds is 26. The summed E-state index contributed by atoms with van der Waals surface area (Å²) in [6.07, 6.45) is -0.499. The third kappa shape index (κ3) is 38.9. The molecular formula is C24H31N4Na7O15. The first-order chi connectivity index (χ1) is 20.0. The normalized spacial score (nSPS) is 10.8. The number of carboxylic acids is 7. The van der Waals surface area contributed by atoms with Crippen molar-refractivity contribution in [2.24, 2.45) is 0 Å². The molecule has 0 aromatic carbocycles. The van der Waals surface area contributed by atoms with Gasteiger partial charge in [-0.2, -0.15) is 0 Å². The summed E-state index contributed by atoms with van der Waals surface area (Å²) in [5.74, 6) is -12.7. The quantitative estimate of drug-likeness (QED) is 0.0629. The largest absolute Gasteiger partial charge is 1.00 e. The number of carbonyl (C=O) groups excluding carboxylic acids is 8. The van der Waals surface area contributed by atoms with Crippen molar-refractivity contribution >= 4 is 47.7 Å². The first-order valence-corrected chi connectivity index (χ1v) is 12.9. The van der Waals surface area contributed by atoms with Crippen molar-refractivity contribution in [1.29, 1.82) is 0 Å². The number of aliphatic carboxylic acids is 7. The van der Waals surface area contributed by atoms with Crippen LogP contribution in [0, 0.1) is 0 Å². The summed E-state index contributed by atoms with van der Waals surface area (Å²) >= 11 is 0. The van der Waals surface area contributed by atoms with Crippen molar-refractivity contribution in [2.45, 2.75) is 50.6 Å². The van der Waals surface area contributed by atoms with Crippen LogP contribution in [0.3, 0.4) is 0 Å². The van der Waals surface area contributed by atoms with E-state index in [0.29, 0.717) is 4.90 Å². The Morgan fingerprint density at radius 3 is 1.02 bits per heavy atom. The van der Waals surface area contributed by atoms with E-state index in [4.69, 9.17) is 0 Å². The van der Waals surface area contributed by atoms with Gasteiger partial charge in [-0.1, -0.05) is 6.42 Å². The second-order valence-electron chi connectivity index (χ2n) is 9.45. The van der Waals surface area contributed by atoms with E-state index in [2.05, 4.69) is 5.32 Å². The molecule has 244 valence electrons. The fraction of sp³-hybridized carbons (Fsp3) is 0.667. The fourth-order valence-corrected chi connectivity index (χ4v) is 4.12. The molecule has 0 spiro atoms. The number of carboxylic acid groups (broad SMARTS) is 7. The van der Waals surface area contributed by atoms with Gasteiger partial charge in [0.1, 0.15) is 0 Å². The minimum atomic E-state index is -1.78. The Labute approximate surface area is 444 Å². The van der Waals surface area contributed by atoms with E-state index >= 15 is 0 Å². The van der Waals surface area contributed by atoms with Gasteiger partial charge < -0.3 is 74.6 Å². The third-order valence-electron chi connectivity index (χ3n) is 5.84. The van der Waals surface area contributed by atoms with Gasteiger partial charge in [0.05, 0.1) is 53.9 Å². The molecule has 50 heavy (non-hydrogen) atoms. The van der Waals surface area contributed by atoms with E-state index in [-0.39, 0.29) is 259 Å². The topological polar surface area (TPSA) is 320 Å². The number of carbonyl (C=O) groups is 8. The predicted octanol–water partition coefficient (Wildman–Crippen LogP) is -32.6. The summed E-state index contributed by atoms with van der Waals surface area (Å²) in [6, 6.07) is -3.25. The number of hydrogen-bond donors (Lipinski definition) is 1. The number of hydrogen-bond acceptors (Lipinski definition) is 18. The Kier molecular flexibility index (Phi) is 58.2. The van der Waals surface area contributed by atoms with Crippen molar-refractivity contribution in [3.8, 4) is 0 Å². The zero-order valence-electron chi connectivity index (χ0n) is 30.0. The molecule has 0 aromatic rings. The molecule has 2 atom stereocenters. The zero-order chi connectivity index (χ0) is 33.1. The van der Waals surface area contributed by atoms with Crippen molar-refractivity contribution in [2.75, 3.05) is 52.4 Å². The number of amides is 1. The van der Waals surface area contributed by atoms with Gasteiger partial charge in [-0.15, -0.1) is 0 Å². The van der Waals surface area contributed by atoms with E-state index in [1.807, 2.05) is 0 Å². The van der Waals surface area contributed by atoms with Crippen LogP contribution in [0.15, 0.2) is 0 Å². The Morgan fingerprint density at radius 1 is 0.440 bits per heavy atom. The number of unbranched alkanes of at least 4 members (excludes halogenated alkanes) is 2. The van der Waals surface area contributed by atoms with E-state index in [1.165, 1.54) is 0 Å². The van der Waals surface area contributed by atoms with E-state index < -0.39 is 99.0 Å². The van der Waals surface area contributed by atoms with Gasteiger partial charge in [0.2, 0.25) is 5.91 Å². The molecule has 0 fully saturated rings. The van der Waals surface area contributed by atoms with Crippen molar-refractivity contribution < 1.29 is 281 Å². The van der Waals surface area contributed by atoms with E-state index in [9.17, 15) is 74.1 Å². The second kappa shape index (κ2) is 41.3. The average Bonchev–Trinajstić information content (AvgIpc) is 2.82. The molecule has 19 nitrogen and oxygen atoms in total. The summed E-state index contributed by atoms with van der Waals surface area (Å²) < 4.78 is 0. The van der Waals surface area contributed by atoms with Gasteiger partial charge in [0.25, 0.3) is 0 Å². The first kappa shape index (κ1) is 70.4. The molecule has 0 aliphatic carbocycles. The molecule has 0 unspecified atom stereocenters. The molecule has 0 rings (SSSR count). The van der Waals surface area contributed by atoms with Crippen LogP contribution in [-0.2, 0) is 38.4 Å². The van der Waals surface area contributed by atoms with Crippen LogP contribution in [0.4, 0.5) is 0 Å². The average molecular weight is 776 g/mol. The van der Waals surface area contributed by atoms with Crippen LogP contribution >= 0.6 is 0 Å². The van der Waals surface area contributed by atoms with Crippen molar-refractivity contribution in [1.82, 2.24) is 20.0 Å². The van der Waals surface area contributed by atoms with Crippen LogP contribution in [0.2, 0.25) is 0 Å². The van der Waals surface area contributed by atoms with Gasteiger partial charge in [-0.25, -0.2) is 0 Å². The van der Waals surface area contributed by atoms with Crippen LogP contribution in [-0.4, -0.2) is 127 Å². The monoisotopic (exact) mass is 776 g/mol. The first-order valence-electron chi connectivity index (χ1n) is 12.9. The summed E-state index contributed by atoms with van der Waals surface area (Å²) in [5, 5.41) is 79.4. The van der Waals surface area contributed by atoms with Crippen LogP contribution in [0.5, 0.6) is 0 Å². The Balaban J connectivity index is -0.000000420. The molecule has 0 saturated carbocycles. The molecular weight excluding hydrogens is 745 g/mol. The van der Waals surface area contributed by atoms with Gasteiger partial charge >= 0.3 is 207 Å². The molecule has 26 heteroatoms. The number of nitrogens with one attached hydrogen (secondary N) is 1. The standard InChI is InChI=1S/C24H38N4O15.7Na/c29-17(30)9-26(10-18(31)32)7-3-1-5-15(24(42)43)25-23(41)16(28(13-21(37)38)14-22(39)40)6-2-4-8-27(11-19(33)34)12-20(35)36;;;;;;;/h15-16H,1-14H2,(H,25,41)(H,29,30)(H,31,32)(H,33,34)(H,35,36)(H,37,38)(H,39,40)(H,42,43);;;;;;;/q;7*+1/p-7/t15-,16-;;;;;;;/m0......./s1. The van der Waals surface area contributed by atoms with Gasteiger partial charge in [-0.05, 0) is 45.2 Å². The van der Waals surface area contributed by atoms with Crippen LogP contribution < -0.4 is 248 Å². The third-order valence-corrected chi connectivity index (χ3v) is 5.84. The molecule has 0 heterocycles. The van der Waals surface area contributed by atoms with E-state index in [1.54, 1.807) is 0 Å². The van der Waals surface area contributed by atoms with Crippen molar-refractivity contribution in [3.63, 3.8) is 0 Å². The molecule has 0 saturated heterocycles. The maximum absolute atomic E-state index is 13.1. The molecule has 0 aromatic heterocycles. The summed E-state index contributed by atoms with van der Waals surface area (Å²) in [5.41, 5.74) is 0. The SMILES string of the molecule is O=C([O-])CN(CCCC[C@H](NC(=O)[C@H](CCCCN(CC(=O)[O-])CC(=O)[O-])N(CC(=O)[O-])CC(=O)[O-])C(=O)[O-])CC(=O)[O-].[Na+].[Na+].[Na+].[Na+].[Na+].[Na+].[Na+]. The van der Waals surface area contributed by atoms with Crippen molar-refractivity contribution in [3.05, 3.63) is 0 Å². The summed E-state index contributed by atoms with van der Waals surface area (Å²) in [6.45, 7) is -5.40. The van der Waals surface area contributed by atoms with E-state index in [0.717, 1.165) is 9.80 Å². The Bertz CT molecular complexity index is 986. The zero-order valence-corrected chi connectivity index (χ0v) is 44.0. The Hall–Kier alpha value is 2.64. The molecule has 1 N–H and O–H groups in total. The Morgan fingerprint density at radius 2 is 0.740 bits per heavy atom. The maximum atomic E-state index is 13.1. The van der Waals surface area contributed by atoms with Gasteiger partial charge in [-0.3, -0.25) is 19.5 Å². The summed E-state index contributed by atoms with van der Waals surface area (Å²) in [7, 11) is 0. The minimum absolute atomic E-state index is 0. The molecule has 0 radical (unpaired) electrons. The van der Waals surface area contributed by atoms with Gasteiger partial charge in [0.15, 0.2) is 0 Å². The number of nitrogens with zero attached hydrogens (tertiary/aromatic N) is 3. The smallest absolute Gasteiger partial charge is 0.549 e. The van der Waals surface area contributed by atoms with Gasteiger partial charge in [0, 0.05) is 39.3 Å². The summed E-state index contributed by atoms with van der Waals surface area (Å²) in [4.78, 5) is 92.9. The minimum Gasteiger partial charge on any atom is -0.549 e. The molecule has 1 amide bonds. The fourth-order valence-electron chi connectivity index (χ4n) is 4.12. The maximum Gasteiger partial charge on any atom is 1.00 e. The predicted molar refractivity (Wildman–Crippen MR) is 123 cm³/mol. The second-order valence-corrected chi connectivity index (χ2v) is 9.45. The van der Waals surface area contributed by atoms with Crippen LogP contribution in [0.1, 0.15) is 38.5 Å². The molecule has 0 bridgehead atoms. The van der Waals surface area contributed by atoms with Crippen LogP contribution in [0.25, 0.3) is 0 Å². The molecule has 0 aliphatic heterocycles.